The first-order valence-corrected chi connectivity index (χ1v) is 11.2. The second kappa shape index (κ2) is 8.02. The number of aryl methyl sites for hydroxylation is 1. The molecule has 6 rings (SSSR count). The number of carbonyl (C=O) groups is 1. The molecule has 0 aliphatic carbocycles. The lowest BCUT2D eigenvalue weighted by Crippen LogP contribution is -2.39. The van der Waals surface area contributed by atoms with Crippen molar-refractivity contribution in [3.8, 4) is 11.3 Å². The number of nitrogens with zero attached hydrogens (tertiary/aromatic N) is 6. The molecule has 0 N–H and O–H groups in total. The molecule has 9 heteroatoms. The van der Waals surface area contributed by atoms with Crippen LogP contribution in [0.25, 0.3) is 28.0 Å². The number of hydrogen-bond donors (Lipinski definition) is 0. The first-order chi connectivity index (χ1) is 16.6. The Morgan fingerprint density at radius 2 is 2.00 bits per heavy atom. The Kier molecular flexibility index (Phi) is 4.83. The number of carbonyl (C=O) groups excluding carboxylic acids is 1. The summed E-state index contributed by atoms with van der Waals surface area (Å²) in [5, 5.41) is 13.2. The fourth-order valence-corrected chi connectivity index (χ4v) is 4.75. The first-order valence-electron chi connectivity index (χ1n) is 11.2. The number of pyridine rings is 2. The minimum Gasteiger partial charge on any atom is -0.338 e. The van der Waals surface area contributed by atoms with Gasteiger partial charge in [-0.3, -0.25) is 9.20 Å². The average molecular weight is 456 g/mol. The highest BCUT2D eigenvalue weighted by Gasteiger charge is 2.30. The molecule has 4 aromatic heterocycles. The minimum atomic E-state index is -0.416. The SMILES string of the molecule is Cc1noc2nc(-c3ccccc3F)cc(C(=O)N3CCCC(c4nnc5ccccn45)C3)c12. The van der Waals surface area contributed by atoms with Crippen molar-refractivity contribution in [3.05, 3.63) is 77.6 Å². The number of piperidine rings is 1. The number of benzene rings is 1. The Bertz CT molecular complexity index is 1540. The van der Waals surface area contributed by atoms with Crippen LogP contribution in [-0.4, -0.2) is 48.6 Å². The summed E-state index contributed by atoms with van der Waals surface area (Å²) in [4.78, 5) is 20.1. The minimum absolute atomic E-state index is 0.0574. The van der Waals surface area contributed by atoms with E-state index < -0.39 is 5.82 Å². The number of amides is 1. The number of aromatic nitrogens is 5. The van der Waals surface area contributed by atoms with Crippen LogP contribution < -0.4 is 0 Å². The second-order valence-corrected chi connectivity index (χ2v) is 8.56. The average Bonchev–Trinajstić information content (AvgIpc) is 3.47. The molecule has 8 nitrogen and oxygen atoms in total. The summed E-state index contributed by atoms with van der Waals surface area (Å²) in [5.41, 5.74) is 2.63. The van der Waals surface area contributed by atoms with Gasteiger partial charge in [0.15, 0.2) is 5.65 Å². The molecule has 1 aliphatic heterocycles. The van der Waals surface area contributed by atoms with Crippen molar-refractivity contribution in [1.29, 1.82) is 0 Å². The molecular formula is C25H21FN6O2. The van der Waals surface area contributed by atoms with Crippen molar-refractivity contribution in [2.75, 3.05) is 13.1 Å². The van der Waals surface area contributed by atoms with Gasteiger partial charge in [-0.2, -0.15) is 0 Å². The maximum atomic E-state index is 14.5. The zero-order chi connectivity index (χ0) is 23.2. The van der Waals surface area contributed by atoms with Gasteiger partial charge >= 0.3 is 0 Å². The summed E-state index contributed by atoms with van der Waals surface area (Å²) in [5.74, 6) is 0.332. The van der Waals surface area contributed by atoms with E-state index in [-0.39, 0.29) is 17.5 Å². The van der Waals surface area contributed by atoms with E-state index in [1.807, 2.05) is 33.7 Å². The van der Waals surface area contributed by atoms with Gasteiger partial charge in [0.25, 0.3) is 11.6 Å². The molecule has 1 fully saturated rings. The van der Waals surface area contributed by atoms with E-state index in [9.17, 15) is 9.18 Å². The predicted octanol–water partition coefficient (Wildman–Crippen LogP) is 4.40. The smallest absolute Gasteiger partial charge is 0.259 e. The van der Waals surface area contributed by atoms with Gasteiger partial charge in [0.1, 0.15) is 11.6 Å². The lowest BCUT2D eigenvalue weighted by molar-refractivity contribution is 0.0706. The van der Waals surface area contributed by atoms with E-state index in [1.165, 1.54) is 6.07 Å². The van der Waals surface area contributed by atoms with Crippen LogP contribution in [0, 0.1) is 12.7 Å². The normalized spacial score (nSPS) is 16.4. The number of likely N-dealkylation sites (tertiary alicyclic amines) is 1. The van der Waals surface area contributed by atoms with E-state index >= 15 is 0 Å². The molecule has 0 radical (unpaired) electrons. The van der Waals surface area contributed by atoms with Crippen molar-refractivity contribution in [1.82, 2.24) is 29.6 Å². The van der Waals surface area contributed by atoms with Crippen LogP contribution in [0.3, 0.4) is 0 Å². The molecular weight excluding hydrogens is 435 g/mol. The number of halogens is 1. The summed E-state index contributed by atoms with van der Waals surface area (Å²) in [6, 6.07) is 13.8. The van der Waals surface area contributed by atoms with Gasteiger partial charge in [0, 0.05) is 30.8 Å². The first kappa shape index (κ1) is 20.5. The zero-order valence-corrected chi connectivity index (χ0v) is 18.5. The summed E-state index contributed by atoms with van der Waals surface area (Å²) in [6.07, 6.45) is 3.70. The molecule has 1 unspecified atom stereocenters. The quantitative estimate of drug-likeness (QED) is 0.400. The van der Waals surface area contributed by atoms with Gasteiger partial charge in [-0.1, -0.05) is 23.4 Å². The van der Waals surface area contributed by atoms with Crippen molar-refractivity contribution in [2.45, 2.75) is 25.7 Å². The number of hydrogen-bond acceptors (Lipinski definition) is 6. The molecule has 5 heterocycles. The van der Waals surface area contributed by atoms with E-state index in [2.05, 4.69) is 20.3 Å². The third-order valence-electron chi connectivity index (χ3n) is 6.41. The molecule has 34 heavy (non-hydrogen) atoms. The molecule has 0 spiro atoms. The van der Waals surface area contributed by atoms with E-state index in [1.54, 1.807) is 31.2 Å². The highest BCUT2D eigenvalue weighted by Crippen LogP contribution is 2.32. The lowest BCUT2D eigenvalue weighted by Gasteiger charge is -2.32. The van der Waals surface area contributed by atoms with Crippen LogP contribution in [0.4, 0.5) is 4.39 Å². The molecule has 0 bridgehead atoms. The van der Waals surface area contributed by atoms with Gasteiger partial charge < -0.3 is 9.42 Å². The molecule has 1 amide bonds. The van der Waals surface area contributed by atoms with Crippen LogP contribution in [0.15, 0.2) is 59.3 Å². The molecule has 1 atom stereocenters. The molecule has 5 aromatic rings. The molecule has 170 valence electrons. The van der Waals surface area contributed by atoms with Gasteiger partial charge in [0.05, 0.1) is 22.3 Å². The largest absolute Gasteiger partial charge is 0.338 e. The predicted molar refractivity (Wildman–Crippen MR) is 123 cm³/mol. The highest BCUT2D eigenvalue weighted by atomic mass is 19.1. The molecule has 1 saturated heterocycles. The zero-order valence-electron chi connectivity index (χ0n) is 18.5. The van der Waals surface area contributed by atoms with E-state index in [0.29, 0.717) is 41.0 Å². The van der Waals surface area contributed by atoms with Crippen molar-refractivity contribution in [2.24, 2.45) is 0 Å². The van der Waals surface area contributed by atoms with E-state index in [0.717, 1.165) is 24.3 Å². The fourth-order valence-electron chi connectivity index (χ4n) is 4.75. The fraction of sp³-hybridized carbons (Fsp3) is 0.240. The number of rotatable bonds is 3. The Hall–Kier alpha value is -4.14. The Morgan fingerprint density at radius 1 is 1.15 bits per heavy atom. The maximum Gasteiger partial charge on any atom is 0.259 e. The lowest BCUT2D eigenvalue weighted by atomic mass is 9.96. The molecule has 0 saturated carbocycles. The second-order valence-electron chi connectivity index (χ2n) is 8.56. The van der Waals surface area contributed by atoms with Crippen molar-refractivity contribution >= 4 is 22.7 Å². The topological polar surface area (TPSA) is 89.4 Å². The monoisotopic (exact) mass is 456 g/mol. The van der Waals surface area contributed by atoms with Crippen molar-refractivity contribution < 1.29 is 13.7 Å². The maximum absolute atomic E-state index is 14.5. The van der Waals surface area contributed by atoms with Gasteiger partial charge in [-0.25, -0.2) is 9.37 Å². The van der Waals surface area contributed by atoms with Gasteiger partial charge in [-0.15, -0.1) is 10.2 Å². The Labute approximate surface area is 194 Å². The highest BCUT2D eigenvalue weighted by molar-refractivity contribution is 6.07. The summed E-state index contributed by atoms with van der Waals surface area (Å²) < 4.78 is 21.9. The van der Waals surface area contributed by atoms with Crippen LogP contribution in [0.5, 0.6) is 0 Å². The standard InChI is InChI=1S/C25H21FN6O2/c1-15-22-18(13-20(27-24(22)34-30-15)17-8-2-3-9-19(17)26)25(33)31-11-6-7-16(14-31)23-29-28-21-10-4-5-12-32(21)23/h2-5,8-10,12-13,16H,6-7,11,14H2,1H3. The van der Waals surface area contributed by atoms with Crippen LogP contribution >= 0.6 is 0 Å². The number of fused-ring (bicyclic) bond motifs is 2. The molecule has 1 aromatic carbocycles. The molecule has 1 aliphatic rings. The van der Waals surface area contributed by atoms with Gasteiger partial charge in [0.2, 0.25) is 0 Å². The van der Waals surface area contributed by atoms with Gasteiger partial charge in [-0.05, 0) is 50.1 Å². The Morgan fingerprint density at radius 3 is 2.88 bits per heavy atom. The van der Waals surface area contributed by atoms with Crippen LogP contribution in [0.2, 0.25) is 0 Å². The summed E-state index contributed by atoms with van der Waals surface area (Å²) in [7, 11) is 0. The van der Waals surface area contributed by atoms with Crippen LogP contribution in [-0.2, 0) is 0 Å². The van der Waals surface area contributed by atoms with E-state index in [4.69, 9.17) is 4.52 Å². The third-order valence-corrected chi connectivity index (χ3v) is 6.41. The third kappa shape index (κ3) is 3.32. The van der Waals surface area contributed by atoms with Crippen molar-refractivity contribution in [3.63, 3.8) is 0 Å². The Balaban J connectivity index is 1.39. The summed E-state index contributed by atoms with van der Waals surface area (Å²) >= 11 is 0. The summed E-state index contributed by atoms with van der Waals surface area (Å²) in [6.45, 7) is 2.90. The van der Waals surface area contributed by atoms with Crippen LogP contribution in [0.1, 0.15) is 40.6 Å².